The van der Waals surface area contributed by atoms with Crippen LogP contribution in [0.2, 0.25) is 0 Å². The molecule has 0 fully saturated rings. The van der Waals surface area contributed by atoms with E-state index in [2.05, 4.69) is 41.5 Å². The Morgan fingerprint density at radius 2 is 0.568 bits per heavy atom. The molecule has 0 aliphatic carbocycles. The third-order valence-electron chi connectivity index (χ3n) is 14.2. The molecule has 0 saturated carbocycles. The molecule has 0 spiro atoms. The van der Waals surface area contributed by atoms with E-state index in [4.69, 9.17) is 37.0 Å². The number of aliphatic hydroxyl groups is 1. The van der Waals surface area contributed by atoms with E-state index in [0.29, 0.717) is 25.7 Å². The lowest BCUT2D eigenvalue weighted by Gasteiger charge is -2.21. The largest absolute Gasteiger partial charge is 0.472 e. The monoisotopic (exact) mass is 1200 g/mol. The molecule has 81 heavy (non-hydrogen) atoms. The lowest BCUT2D eigenvalue weighted by Crippen LogP contribution is -2.30. The average Bonchev–Trinajstić information content (AvgIpc) is 3.42. The maximum Gasteiger partial charge on any atom is 0.472 e. The van der Waals surface area contributed by atoms with Crippen LogP contribution in [0.4, 0.5) is 0 Å². The van der Waals surface area contributed by atoms with Gasteiger partial charge in [-0.25, -0.2) is 9.13 Å². The van der Waals surface area contributed by atoms with Crippen LogP contribution in [0.15, 0.2) is 0 Å². The second kappa shape index (κ2) is 54.7. The molecule has 0 aromatic heterocycles. The number of esters is 4. The Kier molecular flexibility index (Phi) is 53.4. The van der Waals surface area contributed by atoms with Crippen LogP contribution in [0.3, 0.4) is 0 Å². The zero-order valence-electron chi connectivity index (χ0n) is 52.1. The van der Waals surface area contributed by atoms with Crippen molar-refractivity contribution in [3.63, 3.8) is 0 Å². The summed E-state index contributed by atoms with van der Waals surface area (Å²) in [7, 11) is -9.88. The number of rotatable bonds is 61. The highest BCUT2D eigenvalue weighted by atomic mass is 31.2. The van der Waals surface area contributed by atoms with Gasteiger partial charge in [0, 0.05) is 25.7 Å². The van der Waals surface area contributed by atoms with Crippen LogP contribution >= 0.6 is 15.6 Å². The second-order valence-corrected chi connectivity index (χ2v) is 26.3. The first-order valence-electron chi connectivity index (χ1n) is 32.5. The lowest BCUT2D eigenvalue weighted by atomic mass is 10.0. The predicted octanol–water partition coefficient (Wildman–Crippen LogP) is 16.9. The Bertz CT molecular complexity index is 1600. The van der Waals surface area contributed by atoms with E-state index < -0.39 is 97.5 Å². The van der Waals surface area contributed by atoms with Crippen molar-refractivity contribution < 1.29 is 80.2 Å². The van der Waals surface area contributed by atoms with Gasteiger partial charge in [0.2, 0.25) is 0 Å². The topological polar surface area (TPSA) is 237 Å². The molecule has 0 aromatic rings. The van der Waals surface area contributed by atoms with Crippen molar-refractivity contribution in [2.24, 2.45) is 11.8 Å². The average molecular weight is 1200 g/mol. The number of aliphatic hydroxyl groups excluding tert-OH is 1. The van der Waals surface area contributed by atoms with Gasteiger partial charge in [-0.15, -0.1) is 0 Å². The fraction of sp³-hybridized carbons (Fsp3) is 0.935. The van der Waals surface area contributed by atoms with Gasteiger partial charge < -0.3 is 33.8 Å². The number of unbranched alkanes of at least 4 members (excludes halogenated alkanes) is 31. The van der Waals surface area contributed by atoms with E-state index in [9.17, 15) is 43.2 Å². The van der Waals surface area contributed by atoms with Gasteiger partial charge >= 0.3 is 39.5 Å². The van der Waals surface area contributed by atoms with Gasteiger partial charge in [0.1, 0.15) is 19.3 Å². The molecule has 0 rings (SSSR count). The number of ether oxygens (including phenoxy) is 4. The molecule has 0 aromatic carbocycles. The first kappa shape index (κ1) is 79.1. The van der Waals surface area contributed by atoms with E-state index >= 15 is 0 Å². The van der Waals surface area contributed by atoms with Crippen molar-refractivity contribution in [2.45, 2.75) is 323 Å². The van der Waals surface area contributed by atoms with Crippen molar-refractivity contribution in [1.29, 1.82) is 0 Å². The highest BCUT2D eigenvalue weighted by Crippen LogP contribution is 2.45. The zero-order chi connectivity index (χ0) is 60.1. The quantitative estimate of drug-likeness (QED) is 0.0222. The number of hydrogen-bond acceptors (Lipinski definition) is 15. The smallest absolute Gasteiger partial charge is 0.462 e. The summed E-state index contributed by atoms with van der Waals surface area (Å²) in [6.45, 7) is 9.39. The zero-order valence-corrected chi connectivity index (χ0v) is 53.9. The third-order valence-corrected chi connectivity index (χ3v) is 16.1. The molecule has 0 heterocycles. The third kappa shape index (κ3) is 56.9. The molecule has 480 valence electrons. The molecule has 3 N–H and O–H groups in total. The number of hydrogen-bond donors (Lipinski definition) is 3. The van der Waals surface area contributed by atoms with Crippen LogP contribution in [-0.4, -0.2) is 96.7 Å². The summed E-state index contributed by atoms with van der Waals surface area (Å²) in [6.07, 6.45) is 36.3. The van der Waals surface area contributed by atoms with Crippen molar-refractivity contribution in [3.8, 4) is 0 Å². The van der Waals surface area contributed by atoms with Gasteiger partial charge in [0.05, 0.1) is 26.4 Å². The first-order chi connectivity index (χ1) is 38.9. The molecule has 0 amide bonds. The molecule has 0 saturated heterocycles. The van der Waals surface area contributed by atoms with Crippen LogP contribution in [0.25, 0.3) is 0 Å². The van der Waals surface area contributed by atoms with Gasteiger partial charge in [-0.1, -0.05) is 253 Å². The Morgan fingerprint density at radius 1 is 0.333 bits per heavy atom. The van der Waals surface area contributed by atoms with Crippen LogP contribution in [0, 0.1) is 11.8 Å². The molecule has 5 atom stereocenters. The van der Waals surface area contributed by atoms with Crippen LogP contribution in [0.5, 0.6) is 0 Å². The van der Waals surface area contributed by atoms with E-state index in [1.165, 1.54) is 103 Å². The van der Waals surface area contributed by atoms with Gasteiger partial charge in [-0.2, -0.15) is 0 Å². The fourth-order valence-electron chi connectivity index (χ4n) is 9.18. The summed E-state index contributed by atoms with van der Waals surface area (Å²) in [5.41, 5.74) is 0. The Hall–Kier alpha value is -1.94. The molecule has 19 heteroatoms. The summed E-state index contributed by atoms with van der Waals surface area (Å²) in [4.78, 5) is 71.9. The molecule has 0 bridgehead atoms. The maximum absolute atomic E-state index is 13.0. The van der Waals surface area contributed by atoms with Gasteiger partial charge in [-0.3, -0.25) is 37.3 Å². The number of phosphoric acid groups is 2. The summed E-state index contributed by atoms with van der Waals surface area (Å²) in [6, 6.07) is 0. The molecule has 0 aliphatic rings. The molecule has 0 aliphatic heterocycles. The number of carbonyl (C=O) groups is 4. The van der Waals surface area contributed by atoms with Crippen LogP contribution in [-0.2, 0) is 65.4 Å². The Morgan fingerprint density at radius 3 is 0.840 bits per heavy atom. The molecule has 0 radical (unpaired) electrons. The highest BCUT2D eigenvalue weighted by Gasteiger charge is 2.30. The molecular weight excluding hydrogens is 1080 g/mol. The minimum absolute atomic E-state index is 0.104. The van der Waals surface area contributed by atoms with Crippen molar-refractivity contribution in [2.75, 3.05) is 39.6 Å². The van der Waals surface area contributed by atoms with E-state index in [1.54, 1.807) is 0 Å². The summed E-state index contributed by atoms with van der Waals surface area (Å²) in [5.74, 6) is -0.634. The lowest BCUT2D eigenvalue weighted by molar-refractivity contribution is -0.161. The van der Waals surface area contributed by atoms with Gasteiger partial charge in [0.15, 0.2) is 12.2 Å². The standard InChI is InChI=1S/C62H120O17P2/c1-7-9-11-13-15-27-34-40-46-61(66)78-57(50-72-59(64)44-38-32-24-14-12-10-8-2)52-76-80(68,69)74-48-56(63)49-75-81(70,71)77-53-58(51-73-60(65)45-39-33-28-23-19-21-26-31-37-43-55(5)6)79-62(67)47-41-35-29-22-18-16-17-20-25-30-36-42-54(3)4/h54-58,63H,7-53H2,1-6H3,(H,68,69)(H,70,71)/t56-,57+,58+/m0/s1. The normalized spacial score (nSPS) is 14.4. The Balaban J connectivity index is 5.20. The molecule has 2 unspecified atom stereocenters. The minimum Gasteiger partial charge on any atom is -0.462 e. The van der Waals surface area contributed by atoms with Crippen molar-refractivity contribution in [3.05, 3.63) is 0 Å². The van der Waals surface area contributed by atoms with Crippen LogP contribution in [0.1, 0.15) is 305 Å². The Labute approximate surface area is 492 Å². The molecule has 17 nitrogen and oxygen atoms in total. The SMILES string of the molecule is CCCCCCCCCCC(=O)O[C@H](COC(=O)CCCCCCCCC)COP(=O)(O)OC[C@H](O)COP(=O)(O)OC[C@@H](COC(=O)CCCCCCCCCCCC(C)C)OC(=O)CCCCCCCCCCCCCC(C)C. The summed E-state index contributed by atoms with van der Waals surface area (Å²) < 4.78 is 67.8. The van der Waals surface area contributed by atoms with Crippen molar-refractivity contribution in [1.82, 2.24) is 0 Å². The van der Waals surface area contributed by atoms with Crippen molar-refractivity contribution >= 4 is 39.5 Å². The van der Waals surface area contributed by atoms with Crippen LogP contribution < -0.4 is 0 Å². The summed E-state index contributed by atoms with van der Waals surface area (Å²) >= 11 is 0. The predicted molar refractivity (Wildman–Crippen MR) is 321 cm³/mol. The van der Waals surface area contributed by atoms with Gasteiger partial charge in [-0.05, 0) is 37.5 Å². The maximum atomic E-state index is 13.0. The highest BCUT2D eigenvalue weighted by molar-refractivity contribution is 7.47. The van der Waals surface area contributed by atoms with Gasteiger partial charge in [0.25, 0.3) is 0 Å². The number of phosphoric ester groups is 2. The second-order valence-electron chi connectivity index (χ2n) is 23.4. The van der Waals surface area contributed by atoms with E-state index in [0.717, 1.165) is 121 Å². The fourth-order valence-corrected chi connectivity index (χ4v) is 10.8. The van der Waals surface area contributed by atoms with E-state index in [1.807, 2.05) is 0 Å². The first-order valence-corrected chi connectivity index (χ1v) is 35.5. The summed E-state index contributed by atoms with van der Waals surface area (Å²) in [5, 5.41) is 10.5. The minimum atomic E-state index is -4.94. The van der Waals surface area contributed by atoms with E-state index in [-0.39, 0.29) is 25.7 Å². The number of carbonyl (C=O) groups excluding carboxylic acids is 4. The molecular formula is C62H120O17P2.